The first-order valence-corrected chi connectivity index (χ1v) is 7.66. The van der Waals surface area contributed by atoms with E-state index in [-0.39, 0.29) is 23.2 Å². The number of nitrogens with zero attached hydrogens (tertiary/aromatic N) is 3. The summed E-state index contributed by atoms with van der Waals surface area (Å²) in [5, 5.41) is 8.90. The third-order valence-electron chi connectivity index (χ3n) is 3.01. The van der Waals surface area contributed by atoms with E-state index < -0.39 is 10.0 Å². The van der Waals surface area contributed by atoms with Crippen LogP contribution in [-0.2, 0) is 14.8 Å². The molecule has 20 heavy (non-hydrogen) atoms. The van der Waals surface area contributed by atoms with Gasteiger partial charge in [-0.05, 0) is 19.2 Å². The molecule has 1 unspecified atom stereocenters. The monoisotopic (exact) mass is 296 g/mol. The molecule has 8 heteroatoms. The molecule has 1 saturated heterocycles. The molecule has 1 fully saturated rings. The maximum absolute atomic E-state index is 12.2. The highest BCUT2D eigenvalue weighted by Crippen LogP contribution is 2.12. The van der Waals surface area contributed by atoms with E-state index >= 15 is 0 Å². The molecule has 1 N–H and O–H groups in total. The van der Waals surface area contributed by atoms with Crippen LogP contribution in [0.4, 0.5) is 0 Å². The standard InChI is InChI=1S/C12H16N4O3S/c1-16-5-6-19-10(9-16)8-15-20(17,18)12-3-2-4-14-11(12)7-13/h2-4,10,15H,5-6,8-9H2,1H3. The van der Waals surface area contributed by atoms with Crippen LogP contribution in [0.25, 0.3) is 0 Å². The molecule has 1 atom stereocenters. The van der Waals surface area contributed by atoms with Crippen LogP contribution in [-0.4, -0.2) is 57.7 Å². The minimum atomic E-state index is -3.75. The van der Waals surface area contributed by atoms with Crippen LogP contribution in [0, 0.1) is 11.3 Å². The molecule has 0 bridgehead atoms. The maximum Gasteiger partial charge on any atom is 0.243 e. The van der Waals surface area contributed by atoms with Gasteiger partial charge in [0.15, 0.2) is 5.69 Å². The molecule has 0 spiro atoms. The third kappa shape index (κ3) is 3.52. The zero-order valence-corrected chi connectivity index (χ0v) is 11.9. The van der Waals surface area contributed by atoms with Crippen molar-refractivity contribution >= 4 is 10.0 Å². The number of hydrogen-bond donors (Lipinski definition) is 1. The van der Waals surface area contributed by atoms with E-state index in [1.807, 2.05) is 7.05 Å². The number of nitrogens with one attached hydrogen (secondary N) is 1. The Hall–Kier alpha value is -1.53. The van der Waals surface area contributed by atoms with Gasteiger partial charge in [-0.25, -0.2) is 18.1 Å². The van der Waals surface area contributed by atoms with Crippen molar-refractivity contribution in [2.24, 2.45) is 0 Å². The van der Waals surface area contributed by atoms with Crippen molar-refractivity contribution in [3.8, 4) is 6.07 Å². The van der Waals surface area contributed by atoms with Gasteiger partial charge in [0.05, 0.1) is 12.7 Å². The van der Waals surface area contributed by atoms with Crippen LogP contribution in [0.5, 0.6) is 0 Å². The average Bonchev–Trinajstić information content (AvgIpc) is 2.45. The highest BCUT2D eigenvalue weighted by atomic mass is 32.2. The lowest BCUT2D eigenvalue weighted by atomic mass is 10.3. The predicted molar refractivity (Wildman–Crippen MR) is 71.4 cm³/mol. The second-order valence-electron chi connectivity index (χ2n) is 4.57. The Bertz CT molecular complexity index is 611. The molecule has 0 radical (unpaired) electrons. The van der Waals surface area contributed by atoms with Crippen molar-refractivity contribution in [2.45, 2.75) is 11.0 Å². The predicted octanol–water partition coefficient (Wildman–Crippen LogP) is -0.438. The first-order valence-electron chi connectivity index (χ1n) is 6.18. The molecule has 108 valence electrons. The van der Waals surface area contributed by atoms with Gasteiger partial charge < -0.3 is 9.64 Å². The summed E-state index contributed by atoms with van der Waals surface area (Å²) in [5.74, 6) is 0. The van der Waals surface area contributed by atoms with E-state index in [0.29, 0.717) is 13.2 Å². The summed E-state index contributed by atoms with van der Waals surface area (Å²) in [6.07, 6.45) is 1.20. The molecule has 0 aromatic carbocycles. The van der Waals surface area contributed by atoms with E-state index in [9.17, 15) is 8.42 Å². The zero-order chi connectivity index (χ0) is 14.6. The largest absolute Gasteiger partial charge is 0.374 e. The normalized spacial score (nSPS) is 20.5. The van der Waals surface area contributed by atoms with Gasteiger partial charge in [0.25, 0.3) is 0 Å². The second-order valence-corrected chi connectivity index (χ2v) is 6.30. The Morgan fingerprint density at radius 1 is 1.65 bits per heavy atom. The van der Waals surface area contributed by atoms with Crippen molar-refractivity contribution < 1.29 is 13.2 Å². The molecule has 0 amide bonds. The maximum atomic E-state index is 12.2. The summed E-state index contributed by atoms with van der Waals surface area (Å²) in [7, 11) is -1.80. The van der Waals surface area contributed by atoms with Crippen molar-refractivity contribution in [1.29, 1.82) is 5.26 Å². The number of likely N-dealkylation sites (N-methyl/N-ethyl adjacent to an activating group) is 1. The number of aromatic nitrogens is 1. The lowest BCUT2D eigenvalue weighted by Crippen LogP contribution is -2.45. The Morgan fingerprint density at radius 3 is 3.15 bits per heavy atom. The van der Waals surface area contributed by atoms with Crippen molar-refractivity contribution in [2.75, 3.05) is 33.3 Å². The molecular formula is C12H16N4O3S. The molecule has 2 rings (SSSR count). The van der Waals surface area contributed by atoms with Crippen LogP contribution < -0.4 is 4.72 Å². The number of nitriles is 1. The Kier molecular flexibility index (Phi) is 4.67. The number of sulfonamides is 1. The van der Waals surface area contributed by atoms with Crippen LogP contribution in [0.1, 0.15) is 5.69 Å². The highest BCUT2D eigenvalue weighted by Gasteiger charge is 2.23. The number of hydrogen-bond acceptors (Lipinski definition) is 6. The summed E-state index contributed by atoms with van der Waals surface area (Å²) in [6, 6.07) is 4.63. The van der Waals surface area contributed by atoms with Gasteiger partial charge in [-0.1, -0.05) is 0 Å². The van der Waals surface area contributed by atoms with Gasteiger partial charge >= 0.3 is 0 Å². The fourth-order valence-electron chi connectivity index (χ4n) is 1.96. The smallest absolute Gasteiger partial charge is 0.243 e. The quantitative estimate of drug-likeness (QED) is 0.809. The minimum absolute atomic E-state index is 0.105. The Labute approximate surface area is 118 Å². The summed E-state index contributed by atoms with van der Waals surface area (Å²) in [6.45, 7) is 2.26. The van der Waals surface area contributed by atoms with Crippen molar-refractivity contribution in [3.05, 3.63) is 24.0 Å². The van der Waals surface area contributed by atoms with Gasteiger partial charge in [0, 0.05) is 25.8 Å². The SMILES string of the molecule is CN1CCOC(CNS(=O)(=O)c2cccnc2C#N)C1. The minimum Gasteiger partial charge on any atom is -0.374 e. The first-order chi connectivity index (χ1) is 9.53. The summed E-state index contributed by atoms with van der Waals surface area (Å²) in [4.78, 5) is 5.72. The van der Waals surface area contributed by atoms with Gasteiger partial charge in [-0.2, -0.15) is 5.26 Å². The van der Waals surface area contributed by atoms with Crippen LogP contribution in [0.15, 0.2) is 23.2 Å². The molecule has 1 aromatic heterocycles. The highest BCUT2D eigenvalue weighted by molar-refractivity contribution is 7.89. The zero-order valence-electron chi connectivity index (χ0n) is 11.1. The molecule has 0 aliphatic carbocycles. The lowest BCUT2D eigenvalue weighted by molar-refractivity contribution is -0.0156. The Morgan fingerprint density at radius 2 is 2.45 bits per heavy atom. The number of ether oxygens (including phenoxy) is 1. The van der Waals surface area contributed by atoms with Gasteiger partial charge in [0.1, 0.15) is 11.0 Å². The van der Waals surface area contributed by atoms with Crippen LogP contribution in [0.3, 0.4) is 0 Å². The second kappa shape index (κ2) is 6.28. The molecule has 7 nitrogen and oxygen atoms in total. The van der Waals surface area contributed by atoms with E-state index in [1.54, 1.807) is 6.07 Å². The molecule has 2 heterocycles. The lowest BCUT2D eigenvalue weighted by Gasteiger charge is -2.30. The fourth-order valence-corrected chi connectivity index (χ4v) is 3.13. The average molecular weight is 296 g/mol. The van der Waals surface area contributed by atoms with Gasteiger partial charge in [0.2, 0.25) is 10.0 Å². The third-order valence-corrected chi connectivity index (χ3v) is 4.46. The van der Waals surface area contributed by atoms with Crippen molar-refractivity contribution in [3.63, 3.8) is 0 Å². The van der Waals surface area contributed by atoms with Gasteiger partial charge in [-0.15, -0.1) is 0 Å². The fraction of sp³-hybridized carbons (Fsp3) is 0.500. The summed E-state index contributed by atoms with van der Waals surface area (Å²) in [5.41, 5.74) is -0.110. The number of rotatable bonds is 4. The molecule has 1 aliphatic heterocycles. The number of pyridine rings is 1. The van der Waals surface area contributed by atoms with Gasteiger partial charge in [-0.3, -0.25) is 0 Å². The summed E-state index contributed by atoms with van der Waals surface area (Å²) >= 11 is 0. The van der Waals surface area contributed by atoms with Crippen LogP contribution >= 0.6 is 0 Å². The topological polar surface area (TPSA) is 95.3 Å². The summed E-state index contributed by atoms with van der Waals surface area (Å²) < 4.78 is 32.3. The van der Waals surface area contributed by atoms with E-state index in [2.05, 4.69) is 14.6 Å². The van der Waals surface area contributed by atoms with E-state index in [0.717, 1.165) is 6.54 Å². The molecule has 1 aromatic rings. The number of morpholine rings is 1. The Balaban J connectivity index is 2.06. The van der Waals surface area contributed by atoms with Crippen LogP contribution in [0.2, 0.25) is 0 Å². The molecule has 0 saturated carbocycles. The molecular weight excluding hydrogens is 280 g/mol. The molecule has 1 aliphatic rings. The van der Waals surface area contributed by atoms with E-state index in [4.69, 9.17) is 10.00 Å². The van der Waals surface area contributed by atoms with Crippen molar-refractivity contribution in [1.82, 2.24) is 14.6 Å². The van der Waals surface area contributed by atoms with E-state index in [1.165, 1.54) is 18.3 Å². The first kappa shape index (κ1) is 14.9.